The van der Waals surface area contributed by atoms with E-state index in [-0.39, 0.29) is 37.7 Å². The molecule has 0 aliphatic carbocycles. The molecule has 0 bridgehead atoms. The number of hydrogen-bond donors (Lipinski definition) is 2. The smallest absolute Gasteiger partial charge is 0.652 e. The number of carboxylic acid groups (broad SMARTS) is 2. The molecule has 0 heterocycles. The summed E-state index contributed by atoms with van der Waals surface area (Å²) in [6.07, 6.45) is -2.33. The van der Waals surface area contributed by atoms with Crippen LogP contribution in [0.25, 0.3) is 0 Å². The van der Waals surface area contributed by atoms with E-state index in [4.69, 9.17) is 26.5 Å². The van der Waals surface area contributed by atoms with Gasteiger partial charge in [-0.3, -0.25) is 0 Å². The van der Waals surface area contributed by atoms with Crippen LogP contribution >= 0.6 is 0 Å². The van der Waals surface area contributed by atoms with Crippen molar-refractivity contribution in [2.45, 2.75) is 0 Å². The largest absolute Gasteiger partial charge is 2.00 e. The van der Waals surface area contributed by atoms with Crippen molar-refractivity contribution in [1.29, 1.82) is 0 Å². The first kappa shape index (κ1) is 16.2. The van der Waals surface area contributed by atoms with E-state index in [0.29, 0.717) is 13.1 Å². The summed E-state index contributed by atoms with van der Waals surface area (Å²) in [4.78, 5) is 8.33. The van der Waals surface area contributed by atoms with Gasteiger partial charge in [-0.15, -0.1) is 0 Å². The normalized spacial score (nSPS) is 6.00. The van der Waals surface area contributed by atoms with Crippen LogP contribution < -0.4 is 21.7 Å². The molecule has 9 heavy (non-hydrogen) atoms. The summed E-state index contributed by atoms with van der Waals surface area (Å²) < 4.78 is 0. The zero-order valence-corrected chi connectivity index (χ0v) is 7.21. The molecular weight excluding hydrogens is 152 g/mol. The maximum atomic E-state index is 8.33. The summed E-state index contributed by atoms with van der Waals surface area (Å²) in [5, 5.41) is 16.7. The van der Waals surface area contributed by atoms with E-state index >= 15 is 0 Å². The Labute approximate surface area is 83.0 Å². The molecule has 0 spiro atoms. The Morgan fingerprint density at radius 3 is 1.33 bits per heavy atom. The molecule has 0 saturated heterocycles. The monoisotopic (exact) mass is 160 g/mol. The topological polar surface area (TPSA) is 115 Å². The van der Waals surface area contributed by atoms with Crippen LogP contribution in [0.1, 0.15) is 0 Å². The van der Waals surface area contributed by atoms with Crippen molar-refractivity contribution in [2.75, 3.05) is 13.1 Å². The maximum absolute atomic E-state index is 8.33. The van der Waals surface area contributed by atoms with Crippen LogP contribution in [0, 0.1) is 0 Å². The summed E-state index contributed by atoms with van der Waals surface area (Å²) in [6.45, 7) is 1.19. The van der Waals surface area contributed by atoms with Gasteiger partial charge in [-0.25, -0.2) is 0 Å². The molecular formula is C3H8CaN2O3. The molecule has 0 aromatic heterocycles. The molecule has 6 heteroatoms. The zero-order valence-electron chi connectivity index (χ0n) is 5.00. The Balaban J connectivity index is -0.0000000720. The minimum absolute atomic E-state index is 0. The SMILES string of the molecule is NCCN.O=C([O-])[O-].[Ca+2]. The third-order valence-electron chi connectivity index (χ3n) is 0.167. The first-order valence-electron chi connectivity index (χ1n) is 1.93. The van der Waals surface area contributed by atoms with Crippen LogP contribution in [-0.2, 0) is 0 Å². The predicted octanol–water partition coefficient (Wildman–Crippen LogP) is -3.92. The molecule has 5 nitrogen and oxygen atoms in total. The fraction of sp³-hybridized carbons (Fsp3) is 0.667. The molecule has 0 radical (unpaired) electrons. The molecule has 0 amide bonds. The molecule has 0 atom stereocenters. The first-order chi connectivity index (χ1) is 3.65. The van der Waals surface area contributed by atoms with E-state index in [1.807, 2.05) is 0 Å². The standard InChI is InChI=1S/C2H8N2.CH2O3.Ca/c3-1-2-4;2-1(3)4;/h1-4H2;(H2,2,3,4);/q;;+2/p-2. The van der Waals surface area contributed by atoms with E-state index in [1.165, 1.54) is 0 Å². The minimum Gasteiger partial charge on any atom is -0.652 e. The molecule has 0 saturated carbocycles. The van der Waals surface area contributed by atoms with Gasteiger partial charge in [-0.2, -0.15) is 0 Å². The fourth-order valence-electron chi connectivity index (χ4n) is 0. The van der Waals surface area contributed by atoms with Gasteiger partial charge in [0.25, 0.3) is 0 Å². The van der Waals surface area contributed by atoms with Crippen molar-refractivity contribution in [3.8, 4) is 0 Å². The third-order valence-corrected chi connectivity index (χ3v) is 0.167. The van der Waals surface area contributed by atoms with Crippen LogP contribution in [0.3, 0.4) is 0 Å². The maximum Gasteiger partial charge on any atom is 2.00 e. The second kappa shape index (κ2) is 15.8. The average molecular weight is 160 g/mol. The van der Waals surface area contributed by atoms with Crippen LogP contribution in [0.15, 0.2) is 0 Å². The van der Waals surface area contributed by atoms with E-state index in [0.717, 1.165) is 0 Å². The van der Waals surface area contributed by atoms with Crippen molar-refractivity contribution in [2.24, 2.45) is 11.5 Å². The summed E-state index contributed by atoms with van der Waals surface area (Å²) in [7, 11) is 0. The number of rotatable bonds is 1. The molecule has 0 aliphatic rings. The Morgan fingerprint density at radius 2 is 1.33 bits per heavy atom. The Hall–Kier alpha value is 0.450. The van der Waals surface area contributed by atoms with Gasteiger partial charge in [0.05, 0.1) is 0 Å². The summed E-state index contributed by atoms with van der Waals surface area (Å²) in [6, 6.07) is 0. The number of nitrogens with two attached hydrogens (primary N) is 2. The van der Waals surface area contributed by atoms with E-state index in [1.54, 1.807) is 0 Å². The number of carbonyl (C=O) groups excluding carboxylic acids is 1. The van der Waals surface area contributed by atoms with Crippen LogP contribution in [0.2, 0.25) is 0 Å². The van der Waals surface area contributed by atoms with E-state index in [2.05, 4.69) is 0 Å². The fourth-order valence-corrected chi connectivity index (χ4v) is 0. The third kappa shape index (κ3) is 167. The summed E-state index contributed by atoms with van der Waals surface area (Å²) >= 11 is 0. The van der Waals surface area contributed by atoms with E-state index in [9.17, 15) is 0 Å². The number of hydrogen-bond acceptors (Lipinski definition) is 5. The van der Waals surface area contributed by atoms with Gasteiger partial charge in [0.2, 0.25) is 0 Å². The number of carbonyl (C=O) groups is 1. The van der Waals surface area contributed by atoms with Gasteiger partial charge in [0.1, 0.15) is 0 Å². The molecule has 0 aromatic carbocycles. The average Bonchev–Trinajstić information content (AvgIpc) is 1.65. The van der Waals surface area contributed by atoms with Crippen LogP contribution in [0.5, 0.6) is 0 Å². The van der Waals surface area contributed by atoms with Crippen molar-refractivity contribution in [3.63, 3.8) is 0 Å². The van der Waals surface area contributed by atoms with Crippen molar-refractivity contribution in [1.82, 2.24) is 0 Å². The molecule has 4 N–H and O–H groups in total. The summed E-state index contributed by atoms with van der Waals surface area (Å²) in [5.74, 6) is 0. The molecule has 0 rings (SSSR count). The van der Waals surface area contributed by atoms with Gasteiger partial charge in [-0.1, -0.05) is 0 Å². The van der Waals surface area contributed by atoms with Crippen molar-refractivity contribution < 1.29 is 15.0 Å². The first-order valence-corrected chi connectivity index (χ1v) is 1.93. The summed E-state index contributed by atoms with van der Waals surface area (Å²) in [5.41, 5.74) is 9.81. The van der Waals surface area contributed by atoms with Gasteiger partial charge in [0.15, 0.2) is 0 Å². The van der Waals surface area contributed by atoms with Gasteiger partial charge < -0.3 is 26.5 Å². The van der Waals surface area contributed by atoms with Crippen molar-refractivity contribution >= 4 is 43.9 Å². The van der Waals surface area contributed by atoms with Gasteiger partial charge >= 0.3 is 37.7 Å². The van der Waals surface area contributed by atoms with Gasteiger partial charge in [-0.05, 0) is 6.16 Å². The molecule has 0 aliphatic heterocycles. The van der Waals surface area contributed by atoms with Crippen LogP contribution in [-0.4, -0.2) is 57.0 Å². The minimum atomic E-state index is -2.33. The van der Waals surface area contributed by atoms with Gasteiger partial charge in [0, 0.05) is 13.1 Å². The second-order valence-corrected chi connectivity index (χ2v) is 0.827. The predicted molar refractivity (Wildman–Crippen MR) is 29.3 cm³/mol. The van der Waals surface area contributed by atoms with Crippen LogP contribution in [0.4, 0.5) is 4.79 Å². The Kier molecular flexibility index (Phi) is 28.5. The zero-order chi connectivity index (χ0) is 6.99. The Bertz CT molecular complexity index is 55.0. The molecule has 0 fully saturated rings. The second-order valence-electron chi connectivity index (χ2n) is 0.827. The van der Waals surface area contributed by atoms with E-state index < -0.39 is 6.16 Å². The molecule has 50 valence electrons. The van der Waals surface area contributed by atoms with Crippen molar-refractivity contribution in [3.05, 3.63) is 0 Å². The Morgan fingerprint density at radius 1 is 1.22 bits per heavy atom. The molecule has 0 unspecified atom stereocenters. The quantitative estimate of drug-likeness (QED) is 0.380. The molecule has 0 aromatic rings.